The molecule has 0 bridgehead atoms. The summed E-state index contributed by atoms with van der Waals surface area (Å²) in [5.74, 6) is -1.87. The Bertz CT molecular complexity index is 374. The fourth-order valence-electron chi connectivity index (χ4n) is 1.61. The maximum Gasteiger partial charge on any atom is 0.339 e. The van der Waals surface area contributed by atoms with Gasteiger partial charge in [-0.2, -0.15) is 0 Å². The number of hydrogen-bond donors (Lipinski definition) is 2. The first-order valence-electron chi connectivity index (χ1n) is 4.45. The molecule has 14 heavy (non-hydrogen) atoms. The number of halogens is 1. The number of carboxylic acids is 1. The van der Waals surface area contributed by atoms with Gasteiger partial charge >= 0.3 is 5.97 Å². The minimum absolute atomic E-state index is 0.00296. The fourth-order valence-corrected chi connectivity index (χ4v) is 1.61. The van der Waals surface area contributed by atoms with Crippen LogP contribution in [0, 0.1) is 5.82 Å². The van der Waals surface area contributed by atoms with Gasteiger partial charge in [-0.1, -0.05) is 12.1 Å². The van der Waals surface area contributed by atoms with Crippen molar-refractivity contribution in [2.75, 3.05) is 6.54 Å². The lowest BCUT2D eigenvalue weighted by atomic mass is 9.93. The Kier molecular flexibility index (Phi) is 2.21. The van der Waals surface area contributed by atoms with Crippen molar-refractivity contribution in [3.05, 3.63) is 35.1 Å². The van der Waals surface area contributed by atoms with Crippen LogP contribution in [0.4, 0.5) is 4.39 Å². The molecular weight excluding hydrogens is 185 g/mol. The highest BCUT2D eigenvalue weighted by Crippen LogP contribution is 2.27. The van der Waals surface area contributed by atoms with Crippen LogP contribution in [0.3, 0.4) is 0 Å². The van der Waals surface area contributed by atoms with Crippen molar-refractivity contribution in [1.29, 1.82) is 0 Å². The summed E-state index contributed by atoms with van der Waals surface area (Å²) in [6, 6.07) is 4.36. The van der Waals surface area contributed by atoms with Gasteiger partial charge in [-0.3, -0.25) is 0 Å². The maximum absolute atomic E-state index is 13.2. The van der Waals surface area contributed by atoms with Gasteiger partial charge < -0.3 is 10.4 Å². The molecule has 1 saturated heterocycles. The second-order valence-corrected chi connectivity index (χ2v) is 3.30. The van der Waals surface area contributed by atoms with Gasteiger partial charge in [0.1, 0.15) is 5.82 Å². The Morgan fingerprint density at radius 1 is 1.57 bits per heavy atom. The first-order valence-corrected chi connectivity index (χ1v) is 4.45. The molecule has 0 unspecified atom stereocenters. The lowest BCUT2D eigenvalue weighted by molar-refractivity contribution is 0.0689. The lowest BCUT2D eigenvalue weighted by Gasteiger charge is -2.29. The largest absolute Gasteiger partial charge is 0.478 e. The third-order valence-corrected chi connectivity index (χ3v) is 2.46. The molecule has 1 atom stereocenters. The fraction of sp³-hybridized carbons (Fsp3) is 0.300. The molecule has 0 radical (unpaired) electrons. The Morgan fingerprint density at radius 3 is 2.79 bits per heavy atom. The molecule has 74 valence electrons. The zero-order valence-electron chi connectivity index (χ0n) is 7.46. The molecule has 1 aliphatic heterocycles. The predicted molar refractivity (Wildman–Crippen MR) is 48.7 cm³/mol. The molecular formula is C10H10FNO2. The number of hydrogen-bond acceptors (Lipinski definition) is 2. The zero-order valence-corrected chi connectivity index (χ0v) is 7.46. The number of rotatable bonds is 2. The number of nitrogens with one attached hydrogen (secondary N) is 1. The predicted octanol–water partition coefficient (Wildman–Crippen LogP) is 1.56. The molecule has 1 aromatic rings. The molecule has 2 rings (SSSR count). The second-order valence-electron chi connectivity index (χ2n) is 3.30. The summed E-state index contributed by atoms with van der Waals surface area (Å²) in [5, 5.41) is 11.9. The molecule has 1 aliphatic rings. The molecule has 0 aromatic heterocycles. The Labute approximate surface area is 80.6 Å². The summed E-state index contributed by atoms with van der Waals surface area (Å²) in [7, 11) is 0. The molecule has 0 spiro atoms. The van der Waals surface area contributed by atoms with Gasteiger partial charge in [0.15, 0.2) is 0 Å². The van der Waals surface area contributed by atoms with E-state index in [-0.39, 0.29) is 11.6 Å². The molecule has 1 heterocycles. The monoisotopic (exact) mass is 195 g/mol. The number of carbonyl (C=O) groups is 1. The van der Waals surface area contributed by atoms with Crippen molar-refractivity contribution in [3.8, 4) is 0 Å². The van der Waals surface area contributed by atoms with Gasteiger partial charge in [0.25, 0.3) is 0 Å². The SMILES string of the molecule is O=C(O)c1c(F)cccc1[C@H]1CCN1. The summed E-state index contributed by atoms with van der Waals surface area (Å²) >= 11 is 0. The van der Waals surface area contributed by atoms with Crippen molar-refractivity contribution in [3.63, 3.8) is 0 Å². The van der Waals surface area contributed by atoms with Gasteiger partial charge in [0.2, 0.25) is 0 Å². The van der Waals surface area contributed by atoms with E-state index in [2.05, 4.69) is 5.32 Å². The van der Waals surface area contributed by atoms with E-state index in [1.807, 2.05) is 0 Å². The topological polar surface area (TPSA) is 49.3 Å². The molecule has 4 heteroatoms. The lowest BCUT2D eigenvalue weighted by Crippen LogP contribution is -2.36. The van der Waals surface area contributed by atoms with Crippen molar-refractivity contribution < 1.29 is 14.3 Å². The van der Waals surface area contributed by atoms with Crippen LogP contribution in [-0.4, -0.2) is 17.6 Å². The number of benzene rings is 1. The first kappa shape index (κ1) is 9.15. The Balaban J connectivity index is 2.46. The standard InChI is InChI=1S/C10H10FNO2/c11-7-3-1-2-6(8-4-5-12-8)9(7)10(13)14/h1-3,8,12H,4-5H2,(H,13,14)/t8-/m1/s1. The van der Waals surface area contributed by atoms with Crippen LogP contribution in [0.15, 0.2) is 18.2 Å². The van der Waals surface area contributed by atoms with E-state index in [9.17, 15) is 9.18 Å². The highest BCUT2D eigenvalue weighted by molar-refractivity contribution is 5.90. The minimum Gasteiger partial charge on any atom is -0.478 e. The Morgan fingerprint density at radius 2 is 2.29 bits per heavy atom. The quantitative estimate of drug-likeness (QED) is 0.752. The van der Waals surface area contributed by atoms with E-state index in [1.165, 1.54) is 12.1 Å². The van der Waals surface area contributed by atoms with Crippen LogP contribution in [0.5, 0.6) is 0 Å². The van der Waals surface area contributed by atoms with Crippen LogP contribution in [0.1, 0.15) is 28.4 Å². The van der Waals surface area contributed by atoms with Crippen molar-refractivity contribution >= 4 is 5.97 Å². The summed E-state index contributed by atoms with van der Waals surface area (Å²) in [6.07, 6.45) is 0.865. The van der Waals surface area contributed by atoms with Crippen molar-refractivity contribution in [2.45, 2.75) is 12.5 Å². The normalized spacial score (nSPS) is 20.2. The van der Waals surface area contributed by atoms with Gasteiger partial charge in [0, 0.05) is 6.04 Å². The van der Waals surface area contributed by atoms with E-state index >= 15 is 0 Å². The van der Waals surface area contributed by atoms with Gasteiger partial charge in [-0.15, -0.1) is 0 Å². The number of carboxylic acid groups (broad SMARTS) is 1. The van der Waals surface area contributed by atoms with E-state index in [4.69, 9.17) is 5.11 Å². The third kappa shape index (κ3) is 1.37. The minimum atomic E-state index is -1.20. The van der Waals surface area contributed by atoms with Gasteiger partial charge in [-0.05, 0) is 24.6 Å². The molecule has 0 aliphatic carbocycles. The van der Waals surface area contributed by atoms with E-state index < -0.39 is 11.8 Å². The van der Waals surface area contributed by atoms with Crippen LogP contribution < -0.4 is 5.32 Å². The third-order valence-electron chi connectivity index (χ3n) is 2.46. The summed E-state index contributed by atoms with van der Waals surface area (Å²) < 4.78 is 13.2. The van der Waals surface area contributed by atoms with Gasteiger partial charge in [0.05, 0.1) is 5.56 Å². The average Bonchev–Trinajstić information content (AvgIpc) is 1.99. The van der Waals surface area contributed by atoms with Crippen LogP contribution >= 0.6 is 0 Å². The highest BCUT2D eigenvalue weighted by atomic mass is 19.1. The molecule has 0 amide bonds. The van der Waals surface area contributed by atoms with Crippen molar-refractivity contribution in [1.82, 2.24) is 5.32 Å². The van der Waals surface area contributed by atoms with E-state index in [1.54, 1.807) is 6.07 Å². The van der Waals surface area contributed by atoms with E-state index in [0.717, 1.165) is 13.0 Å². The highest BCUT2D eigenvalue weighted by Gasteiger charge is 2.25. The maximum atomic E-state index is 13.2. The molecule has 0 saturated carbocycles. The summed E-state index contributed by atoms with van der Waals surface area (Å²) in [4.78, 5) is 10.8. The summed E-state index contributed by atoms with van der Waals surface area (Å²) in [6.45, 7) is 0.861. The van der Waals surface area contributed by atoms with Crippen LogP contribution in [0.25, 0.3) is 0 Å². The first-order chi connectivity index (χ1) is 6.70. The van der Waals surface area contributed by atoms with Crippen LogP contribution in [-0.2, 0) is 0 Å². The van der Waals surface area contributed by atoms with Crippen molar-refractivity contribution in [2.24, 2.45) is 0 Å². The molecule has 1 aromatic carbocycles. The van der Waals surface area contributed by atoms with E-state index in [0.29, 0.717) is 5.56 Å². The van der Waals surface area contributed by atoms with Crippen LogP contribution in [0.2, 0.25) is 0 Å². The zero-order chi connectivity index (χ0) is 10.1. The molecule has 2 N–H and O–H groups in total. The molecule has 1 fully saturated rings. The average molecular weight is 195 g/mol. The summed E-state index contributed by atoms with van der Waals surface area (Å²) in [5.41, 5.74) is 0.341. The molecule has 3 nitrogen and oxygen atoms in total. The number of aromatic carboxylic acids is 1. The Hall–Kier alpha value is -1.42. The van der Waals surface area contributed by atoms with Gasteiger partial charge in [-0.25, -0.2) is 9.18 Å². The smallest absolute Gasteiger partial charge is 0.339 e. The second kappa shape index (κ2) is 3.38.